The molecule has 0 spiro atoms. The van der Waals surface area contributed by atoms with E-state index in [0.717, 1.165) is 28.6 Å². The minimum absolute atomic E-state index is 0.142. The van der Waals surface area contributed by atoms with Crippen molar-refractivity contribution in [3.05, 3.63) is 66.5 Å². The summed E-state index contributed by atoms with van der Waals surface area (Å²) in [6.07, 6.45) is 2.03. The van der Waals surface area contributed by atoms with Crippen LogP contribution in [0.25, 0.3) is 5.69 Å². The lowest BCUT2D eigenvalue weighted by Gasteiger charge is -2.10. The topological polar surface area (TPSA) is 86.7 Å². The molecular formula is C21H25N5O2. The van der Waals surface area contributed by atoms with Gasteiger partial charge in [0.05, 0.1) is 31.1 Å². The molecule has 28 heavy (non-hydrogen) atoms. The van der Waals surface area contributed by atoms with Crippen LogP contribution in [0.1, 0.15) is 19.5 Å². The Labute approximate surface area is 164 Å². The largest absolute Gasteiger partial charge is 0.497 e. The summed E-state index contributed by atoms with van der Waals surface area (Å²) in [4.78, 5) is 4.35. The van der Waals surface area contributed by atoms with Gasteiger partial charge in [0.1, 0.15) is 11.5 Å². The predicted octanol–water partition coefficient (Wildman–Crippen LogP) is 3.59. The van der Waals surface area contributed by atoms with Crippen molar-refractivity contribution < 1.29 is 9.47 Å². The second-order valence-electron chi connectivity index (χ2n) is 6.47. The van der Waals surface area contributed by atoms with Gasteiger partial charge in [0.2, 0.25) is 0 Å². The van der Waals surface area contributed by atoms with Gasteiger partial charge in [-0.3, -0.25) is 0 Å². The summed E-state index contributed by atoms with van der Waals surface area (Å²) in [7, 11) is 1.64. The molecular weight excluding hydrogens is 354 g/mol. The number of methoxy groups -OCH3 is 1. The SMILES string of the molecule is COc1ccc(-n2ccc(CN=C(N)Nc3ccc(OC(C)C)cc3)n2)cc1. The van der Waals surface area contributed by atoms with E-state index in [1.165, 1.54) is 0 Å². The van der Waals surface area contributed by atoms with Crippen molar-refractivity contribution >= 4 is 11.6 Å². The molecule has 0 atom stereocenters. The molecule has 7 heteroatoms. The van der Waals surface area contributed by atoms with E-state index in [1.807, 2.05) is 74.6 Å². The number of anilines is 1. The maximum absolute atomic E-state index is 5.98. The summed E-state index contributed by atoms with van der Waals surface area (Å²) in [5.41, 5.74) is 8.60. The van der Waals surface area contributed by atoms with Gasteiger partial charge in [-0.15, -0.1) is 0 Å². The van der Waals surface area contributed by atoms with Gasteiger partial charge in [-0.2, -0.15) is 5.10 Å². The Kier molecular flexibility index (Phi) is 6.16. The molecule has 0 aliphatic heterocycles. The van der Waals surface area contributed by atoms with E-state index in [2.05, 4.69) is 15.4 Å². The number of aromatic nitrogens is 2. The number of benzene rings is 2. The van der Waals surface area contributed by atoms with E-state index in [9.17, 15) is 0 Å². The van der Waals surface area contributed by atoms with E-state index in [4.69, 9.17) is 15.2 Å². The highest BCUT2D eigenvalue weighted by Gasteiger charge is 2.03. The highest BCUT2D eigenvalue weighted by atomic mass is 16.5. The highest BCUT2D eigenvalue weighted by Crippen LogP contribution is 2.17. The zero-order chi connectivity index (χ0) is 19.9. The number of nitrogens with two attached hydrogens (primary N) is 1. The van der Waals surface area contributed by atoms with Crippen LogP contribution in [0, 0.1) is 0 Å². The second-order valence-corrected chi connectivity index (χ2v) is 6.47. The Hall–Kier alpha value is -3.48. The van der Waals surface area contributed by atoms with Gasteiger partial charge < -0.3 is 20.5 Å². The minimum atomic E-state index is 0.142. The Morgan fingerprint density at radius 1 is 1.07 bits per heavy atom. The van der Waals surface area contributed by atoms with Crippen molar-refractivity contribution in [2.24, 2.45) is 10.7 Å². The predicted molar refractivity (Wildman–Crippen MR) is 111 cm³/mol. The number of aliphatic imine (C=N–C) groups is 1. The summed E-state index contributed by atoms with van der Waals surface area (Å²) in [5, 5.41) is 7.59. The van der Waals surface area contributed by atoms with Crippen molar-refractivity contribution in [2.45, 2.75) is 26.5 Å². The zero-order valence-electron chi connectivity index (χ0n) is 16.3. The first-order chi connectivity index (χ1) is 13.5. The third-order valence-electron chi connectivity index (χ3n) is 3.89. The third-order valence-corrected chi connectivity index (χ3v) is 3.89. The Balaban J connectivity index is 1.58. The van der Waals surface area contributed by atoms with Crippen LogP contribution in [-0.2, 0) is 6.54 Å². The van der Waals surface area contributed by atoms with Gasteiger partial charge in [0.25, 0.3) is 0 Å². The van der Waals surface area contributed by atoms with Crippen LogP contribution in [0.15, 0.2) is 65.8 Å². The summed E-state index contributed by atoms with van der Waals surface area (Å²) in [5.74, 6) is 1.96. The zero-order valence-corrected chi connectivity index (χ0v) is 16.3. The number of hydrogen-bond donors (Lipinski definition) is 2. The van der Waals surface area contributed by atoms with Crippen LogP contribution in [0.5, 0.6) is 11.5 Å². The van der Waals surface area contributed by atoms with Crippen molar-refractivity contribution in [1.82, 2.24) is 9.78 Å². The Morgan fingerprint density at radius 3 is 2.39 bits per heavy atom. The number of nitrogens with one attached hydrogen (secondary N) is 1. The fourth-order valence-corrected chi connectivity index (χ4v) is 2.57. The average molecular weight is 379 g/mol. The van der Waals surface area contributed by atoms with Gasteiger partial charge in [-0.1, -0.05) is 0 Å². The van der Waals surface area contributed by atoms with Crippen LogP contribution < -0.4 is 20.5 Å². The van der Waals surface area contributed by atoms with Crippen molar-refractivity contribution in [3.63, 3.8) is 0 Å². The second kappa shape index (κ2) is 8.94. The quantitative estimate of drug-likeness (QED) is 0.484. The van der Waals surface area contributed by atoms with E-state index in [0.29, 0.717) is 12.5 Å². The minimum Gasteiger partial charge on any atom is -0.497 e. The maximum atomic E-state index is 5.98. The lowest BCUT2D eigenvalue weighted by atomic mass is 10.3. The van der Waals surface area contributed by atoms with Crippen molar-refractivity contribution in [2.75, 3.05) is 12.4 Å². The van der Waals surface area contributed by atoms with Crippen LogP contribution in [0.2, 0.25) is 0 Å². The smallest absolute Gasteiger partial charge is 0.193 e. The van der Waals surface area contributed by atoms with E-state index in [-0.39, 0.29) is 6.10 Å². The van der Waals surface area contributed by atoms with Gasteiger partial charge in [-0.25, -0.2) is 9.67 Å². The summed E-state index contributed by atoms with van der Waals surface area (Å²) < 4.78 is 12.6. The van der Waals surface area contributed by atoms with Crippen LogP contribution in [0.3, 0.4) is 0 Å². The molecule has 0 fully saturated rings. The van der Waals surface area contributed by atoms with Crippen molar-refractivity contribution in [1.29, 1.82) is 0 Å². The monoisotopic (exact) mass is 379 g/mol. The molecule has 3 aromatic rings. The summed E-state index contributed by atoms with van der Waals surface area (Å²) in [6, 6.07) is 17.2. The van der Waals surface area contributed by atoms with Crippen LogP contribution in [0.4, 0.5) is 5.69 Å². The molecule has 2 aromatic carbocycles. The van der Waals surface area contributed by atoms with E-state index in [1.54, 1.807) is 11.8 Å². The molecule has 0 aliphatic carbocycles. The van der Waals surface area contributed by atoms with Crippen molar-refractivity contribution in [3.8, 4) is 17.2 Å². The maximum Gasteiger partial charge on any atom is 0.193 e. The van der Waals surface area contributed by atoms with Gasteiger partial charge in [0.15, 0.2) is 5.96 Å². The number of nitrogens with zero attached hydrogens (tertiary/aromatic N) is 3. The molecule has 0 radical (unpaired) electrons. The fourth-order valence-electron chi connectivity index (χ4n) is 2.57. The molecule has 0 saturated heterocycles. The number of rotatable bonds is 7. The Bertz CT molecular complexity index is 915. The first kappa shape index (κ1) is 19.3. The lowest BCUT2D eigenvalue weighted by Crippen LogP contribution is -2.22. The van der Waals surface area contributed by atoms with Gasteiger partial charge in [0, 0.05) is 11.9 Å². The molecule has 0 saturated carbocycles. The molecule has 0 bridgehead atoms. The average Bonchev–Trinajstić information content (AvgIpc) is 3.17. The standard InChI is InChI=1S/C21H25N5O2/c1-15(2)28-20-8-4-16(5-9-20)24-21(22)23-14-17-12-13-26(25-17)18-6-10-19(27-3)11-7-18/h4-13,15H,14H2,1-3H3,(H3,22,23,24). The molecule has 1 heterocycles. The summed E-state index contributed by atoms with van der Waals surface area (Å²) in [6.45, 7) is 4.37. The van der Waals surface area contributed by atoms with Gasteiger partial charge in [-0.05, 0) is 68.4 Å². The number of ether oxygens (including phenoxy) is 2. The number of hydrogen-bond acceptors (Lipinski definition) is 4. The van der Waals surface area contributed by atoms with E-state index < -0.39 is 0 Å². The molecule has 3 N–H and O–H groups in total. The third kappa shape index (κ3) is 5.26. The highest BCUT2D eigenvalue weighted by molar-refractivity contribution is 5.92. The lowest BCUT2D eigenvalue weighted by molar-refractivity contribution is 0.242. The molecule has 3 rings (SSSR count). The molecule has 0 unspecified atom stereocenters. The number of guanidine groups is 1. The van der Waals surface area contributed by atoms with Gasteiger partial charge >= 0.3 is 0 Å². The summed E-state index contributed by atoms with van der Waals surface area (Å²) >= 11 is 0. The Morgan fingerprint density at radius 2 is 1.75 bits per heavy atom. The van der Waals surface area contributed by atoms with Crippen LogP contribution in [-0.4, -0.2) is 29.0 Å². The first-order valence-electron chi connectivity index (χ1n) is 9.06. The molecule has 0 amide bonds. The van der Waals surface area contributed by atoms with Crippen LogP contribution >= 0.6 is 0 Å². The molecule has 146 valence electrons. The molecule has 0 aliphatic rings. The molecule has 7 nitrogen and oxygen atoms in total. The fraction of sp³-hybridized carbons (Fsp3) is 0.238. The van der Waals surface area contributed by atoms with E-state index >= 15 is 0 Å². The molecule has 1 aromatic heterocycles. The first-order valence-corrected chi connectivity index (χ1v) is 9.06. The normalized spacial score (nSPS) is 11.5.